The summed E-state index contributed by atoms with van der Waals surface area (Å²) in [4.78, 5) is 16.1. The highest BCUT2D eigenvalue weighted by atomic mass is 19.4. The maximum Gasteiger partial charge on any atom is 0.407 e. The summed E-state index contributed by atoms with van der Waals surface area (Å²) in [6.07, 6.45) is -0.611. The lowest BCUT2D eigenvalue weighted by Crippen LogP contribution is -2.27. The zero-order chi connectivity index (χ0) is 23.4. The van der Waals surface area contributed by atoms with Crippen LogP contribution in [0.5, 0.6) is 0 Å². The number of hydrogen-bond donors (Lipinski definition) is 0. The van der Waals surface area contributed by atoms with Crippen molar-refractivity contribution in [1.82, 2.24) is 4.68 Å². The van der Waals surface area contributed by atoms with Crippen molar-refractivity contribution in [3.63, 3.8) is 0 Å². The maximum absolute atomic E-state index is 13.7. The molecule has 1 aromatic heterocycles. The number of pyridine rings is 1. The largest absolute Gasteiger partial charge is 0.407 e. The Bertz CT molecular complexity index is 1260. The minimum atomic E-state index is -4.82. The first-order chi connectivity index (χ1) is 15.9. The molecule has 0 aliphatic heterocycles. The van der Waals surface area contributed by atoms with Gasteiger partial charge < -0.3 is 0 Å². The van der Waals surface area contributed by atoms with Crippen molar-refractivity contribution in [3.05, 3.63) is 99.6 Å². The molecule has 0 radical (unpaired) electrons. The van der Waals surface area contributed by atoms with Crippen LogP contribution in [0, 0.1) is 12.5 Å². The van der Waals surface area contributed by atoms with Crippen LogP contribution in [-0.4, -0.2) is 10.4 Å². The SMILES string of the molecule is [C-]#[N+]c1c(C(F)(F)F)cc(-c2ccccc2)n(/N=C2\CCCCC2Cc2ccccc2)c1=O. The maximum atomic E-state index is 13.7. The molecule has 0 bridgehead atoms. The quantitative estimate of drug-likeness (QED) is 0.408. The van der Waals surface area contributed by atoms with Crippen LogP contribution < -0.4 is 5.56 Å². The first-order valence-electron chi connectivity index (χ1n) is 10.8. The fourth-order valence-electron chi connectivity index (χ4n) is 4.28. The van der Waals surface area contributed by atoms with Gasteiger partial charge >= 0.3 is 6.18 Å². The molecular formula is C26H22F3N3O. The van der Waals surface area contributed by atoms with Crippen molar-refractivity contribution in [3.8, 4) is 11.3 Å². The summed E-state index contributed by atoms with van der Waals surface area (Å²) < 4.78 is 42.0. The first kappa shape index (κ1) is 22.5. The van der Waals surface area contributed by atoms with Gasteiger partial charge in [0.25, 0.3) is 11.2 Å². The second-order valence-electron chi connectivity index (χ2n) is 8.11. The van der Waals surface area contributed by atoms with Gasteiger partial charge in [-0.3, -0.25) is 4.79 Å². The molecule has 1 saturated carbocycles. The summed E-state index contributed by atoms with van der Waals surface area (Å²) in [6, 6.07) is 19.2. The van der Waals surface area contributed by atoms with E-state index in [0.29, 0.717) is 12.0 Å². The summed E-state index contributed by atoms with van der Waals surface area (Å²) in [5, 5.41) is 4.61. The van der Waals surface area contributed by atoms with Crippen molar-refractivity contribution in [1.29, 1.82) is 0 Å². The van der Waals surface area contributed by atoms with E-state index in [0.717, 1.165) is 47.7 Å². The van der Waals surface area contributed by atoms with Gasteiger partial charge in [-0.05, 0) is 37.3 Å². The lowest BCUT2D eigenvalue weighted by Gasteiger charge is -2.25. The number of halogens is 3. The molecular weight excluding hydrogens is 427 g/mol. The third kappa shape index (κ3) is 4.90. The van der Waals surface area contributed by atoms with Crippen LogP contribution in [0.3, 0.4) is 0 Å². The van der Waals surface area contributed by atoms with E-state index in [4.69, 9.17) is 6.57 Å². The molecule has 0 spiro atoms. The van der Waals surface area contributed by atoms with Crippen molar-refractivity contribution in [2.75, 3.05) is 0 Å². The number of hydrogen-bond acceptors (Lipinski definition) is 2. The Morgan fingerprint density at radius 2 is 1.70 bits per heavy atom. The highest BCUT2D eigenvalue weighted by Gasteiger charge is 2.36. The normalized spacial score (nSPS) is 17.6. The molecule has 1 fully saturated rings. The molecule has 33 heavy (non-hydrogen) atoms. The van der Waals surface area contributed by atoms with Crippen LogP contribution in [0.15, 0.2) is 76.6 Å². The molecule has 1 unspecified atom stereocenters. The molecule has 4 rings (SSSR count). The molecule has 1 aliphatic rings. The van der Waals surface area contributed by atoms with E-state index >= 15 is 0 Å². The Kier molecular flexibility index (Phi) is 6.45. The minimum absolute atomic E-state index is 0.0249. The average Bonchev–Trinajstić information content (AvgIpc) is 2.82. The summed E-state index contributed by atoms with van der Waals surface area (Å²) in [5.41, 5.74) is -0.866. The molecule has 168 valence electrons. The number of rotatable bonds is 4. The molecule has 0 N–H and O–H groups in total. The Hall–Kier alpha value is -3.66. The Morgan fingerprint density at radius 1 is 1.03 bits per heavy atom. The summed E-state index contributed by atoms with van der Waals surface area (Å²) >= 11 is 0. The molecule has 3 aromatic rings. The van der Waals surface area contributed by atoms with Gasteiger partial charge in [0.05, 0.1) is 17.8 Å². The van der Waals surface area contributed by atoms with Crippen molar-refractivity contribution in [2.24, 2.45) is 11.0 Å². The Balaban J connectivity index is 1.89. The second-order valence-corrected chi connectivity index (χ2v) is 8.11. The topological polar surface area (TPSA) is 38.7 Å². The smallest absolute Gasteiger partial charge is 0.281 e. The fraction of sp³-hybridized carbons (Fsp3) is 0.269. The van der Waals surface area contributed by atoms with E-state index in [1.807, 2.05) is 30.3 Å². The zero-order valence-electron chi connectivity index (χ0n) is 17.8. The zero-order valence-corrected chi connectivity index (χ0v) is 17.8. The highest BCUT2D eigenvalue weighted by Crippen LogP contribution is 2.37. The lowest BCUT2D eigenvalue weighted by molar-refractivity contribution is -0.136. The van der Waals surface area contributed by atoms with Gasteiger partial charge in [-0.2, -0.15) is 18.3 Å². The summed E-state index contributed by atoms with van der Waals surface area (Å²) in [6.45, 7) is 7.25. The molecule has 1 heterocycles. The lowest BCUT2D eigenvalue weighted by atomic mass is 9.83. The average molecular weight is 449 g/mol. The van der Waals surface area contributed by atoms with Crippen molar-refractivity contribution in [2.45, 2.75) is 38.3 Å². The molecule has 0 saturated heterocycles. The van der Waals surface area contributed by atoms with Crippen LogP contribution in [0.2, 0.25) is 0 Å². The van der Waals surface area contributed by atoms with Gasteiger partial charge in [-0.25, -0.2) is 9.52 Å². The van der Waals surface area contributed by atoms with Gasteiger partial charge in [-0.15, -0.1) is 0 Å². The van der Waals surface area contributed by atoms with Crippen LogP contribution in [0.25, 0.3) is 16.1 Å². The fourth-order valence-corrected chi connectivity index (χ4v) is 4.28. The number of aromatic nitrogens is 1. The van der Waals surface area contributed by atoms with E-state index in [1.165, 1.54) is 0 Å². The van der Waals surface area contributed by atoms with Crippen LogP contribution in [-0.2, 0) is 12.6 Å². The van der Waals surface area contributed by atoms with Crippen LogP contribution in [0.4, 0.5) is 18.9 Å². The molecule has 7 heteroatoms. The molecule has 0 amide bonds. The van der Waals surface area contributed by atoms with Gasteiger partial charge in [0.2, 0.25) is 0 Å². The highest BCUT2D eigenvalue weighted by molar-refractivity contribution is 5.88. The predicted octanol–water partition coefficient (Wildman–Crippen LogP) is 6.72. The van der Waals surface area contributed by atoms with Crippen molar-refractivity contribution < 1.29 is 13.2 Å². The number of alkyl halides is 3. The van der Waals surface area contributed by atoms with Crippen LogP contribution >= 0.6 is 0 Å². The standard InChI is InChI=1S/C26H22F3N3O/c1-30-24-21(26(27,28)29)17-23(19-12-6-3-7-13-19)32(25(24)33)31-22-15-9-8-14-20(22)16-18-10-4-2-5-11-18/h2-7,10-13,17,20H,8-9,14-16H2/b31-22+. The number of benzene rings is 2. The summed E-state index contributed by atoms with van der Waals surface area (Å²) in [7, 11) is 0. The van der Waals surface area contributed by atoms with E-state index in [9.17, 15) is 18.0 Å². The van der Waals surface area contributed by atoms with Gasteiger partial charge in [0.15, 0.2) is 0 Å². The Labute approximate surface area is 189 Å². The van der Waals surface area contributed by atoms with E-state index in [-0.39, 0.29) is 11.6 Å². The van der Waals surface area contributed by atoms with Crippen molar-refractivity contribution >= 4 is 11.4 Å². The van der Waals surface area contributed by atoms with E-state index in [2.05, 4.69) is 9.95 Å². The second kappa shape index (κ2) is 9.45. The summed E-state index contributed by atoms with van der Waals surface area (Å²) in [5.74, 6) is 0.0790. The Morgan fingerprint density at radius 3 is 2.33 bits per heavy atom. The first-order valence-corrected chi connectivity index (χ1v) is 10.8. The van der Waals surface area contributed by atoms with Gasteiger partial charge in [0, 0.05) is 17.2 Å². The predicted molar refractivity (Wildman–Crippen MR) is 122 cm³/mol. The third-order valence-corrected chi connectivity index (χ3v) is 5.91. The molecule has 1 aliphatic carbocycles. The third-order valence-electron chi connectivity index (χ3n) is 5.91. The molecule has 1 atom stereocenters. The van der Waals surface area contributed by atoms with Crippen LogP contribution in [0.1, 0.15) is 36.8 Å². The van der Waals surface area contributed by atoms with Gasteiger partial charge in [0.1, 0.15) is 0 Å². The molecule has 4 nitrogen and oxygen atoms in total. The van der Waals surface area contributed by atoms with Gasteiger partial charge in [-0.1, -0.05) is 67.1 Å². The monoisotopic (exact) mass is 449 g/mol. The minimum Gasteiger partial charge on any atom is -0.281 e. The number of nitrogens with zero attached hydrogens (tertiary/aromatic N) is 3. The molecule has 2 aromatic carbocycles. The van der Waals surface area contributed by atoms with E-state index < -0.39 is 23.0 Å². The van der Waals surface area contributed by atoms with E-state index in [1.54, 1.807) is 30.3 Å².